The average molecular weight is 216 g/mol. The highest BCUT2D eigenvalue weighted by Crippen LogP contribution is 2.28. The Hall–Kier alpha value is -1.92. The van der Waals surface area contributed by atoms with E-state index in [4.69, 9.17) is 0 Å². The second kappa shape index (κ2) is 4.07. The van der Waals surface area contributed by atoms with Crippen molar-refractivity contribution in [1.29, 1.82) is 0 Å². The maximum Gasteiger partial charge on any atom is 0.297 e. The van der Waals surface area contributed by atoms with Crippen LogP contribution in [-0.4, -0.2) is 16.2 Å². The molecule has 1 aromatic rings. The molecule has 0 atom stereocenters. The van der Waals surface area contributed by atoms with Crippen LogP contribution in [0, 0.1) is 17.0 Å². The molecule has 0 unspecified atom stereocenters. The molecule has 5 nitrogen and oxygen atoms in total. The highest BCUT2D eigenvalue weighted by Gasteiger charge is 2.25. The summed E-state index contributed by atoms with van der Waals surface area (Å²) in [5.74, 6) is 0. The third kappa shape index (κ3) is 2.12. The summed E-state index contributed by atoms with van der Waals surface area (Å²) in [6.07, 6.45) is -2.70. The zero-order valence-electron chi connectivity index (χ0n) is 7.61. The number of alkyl halides is 2. The summed E-state index contributed by atoms with van der Waals surface area (Å²) in [5.41, 5.74) is -1.77. The molecule has 0 aliphatic heterocycles. The molecule has 0 aromatic carbocycles. The normalized spacial score (nSPS) is 10.4. The number of aldehydes is 1. The van der Waals surface area contributed by atoms with Gasteiger partial charge in [0.2, 0.25) is 0 Å². The molecule has 1 heterocycles. The van der Waals surface area contributed by atoms with Gasteiger partial charge in [0, 0.05) is 17.3 Å². The van der Waals surface area contributed by atoms with Crippen LogP contribution in [0.3, 0.4) is 0 Å². The molecule has 7 heteroatoms. The first-order valence-electron chi connectivity index (χ1n) is 3.86. The Bertz CT molecular complexity index is 421. The Morgan fingerprint density at radius 3 is 2.60 bits per heavy atom. The van der Waals surface area contributed by atoms with Gasteiger partial charge in [-0.3, -0.25) is 14.9 Å². The van der Waals surface area contributed by atoms with Crippen molar-refractivity contribution in [3.8, 4) is 0 Å². The first kappa shape index (κ1) is 11.2. The molecule has 1 rings (SSSR count). The fraction of sp³-hybridized carbons (Fsp3) is 0.250. The molecule has 0 N–H and O–H groups in total. The monoisotopic (exact) mass is 216 g/mol. The molecule has 0 spiro atoms. The zero-order valence-corrected chi connectivity index (χ0v) is 7.61. The van der Waals surface area contributed by atoms with Crippen LogP contribution in [-0.2, 0) is 0 Å². The summed E-state index contributed by atoms with van der Waals surface area (Å²) >= 11 is 0. The number of carbonyl (C=O) groups is 1. The number of carbonyl (C=O) groups excluding carboxylic acids is 1. The molecule has 0 amide bonds. The summed E-state index contributed by atoms with van der Waals surface area (Å²) in [5, 5.41) is 10.4. The smallest absolute Gasteiger partial charge is 0.297 e. The molecule has 0 bridgehead atoms. The summed E-state index contributed by atoms with van der Waals surface area (Å²) < 4.78 is 24.7. The molecular formula is C8H6F2N2O3. The van der Waals surface area contributed by atoms with Crippen LogP contribution in [0.15, 0.2) is 6.07 Å². The van der Waals surface area contributed by atoms with Gasteiger partial charge in [-0.2, -0.15) is 0 Å². The van der Waals surface area contributed by atoms with Gasteiger partial charge in [-0.1, -0.05) is 0 Å². The summed E-state index contributed by atoms with van der Waals surface area (Å²) in [7, 11) is 0. The lowest BCUT2D eigenvalue weighted by Crippen LogP contribution is -2.03. The average Bonchev–Trinajstić information content (AvgIpc) is 2.16. The molecule has 0 saturated carbocycles. The summed E-state index contributed by atoms with van der Waals surface area (Å²) in [4.78, 5) is 23.2. The van der Waals surface area contributed by atoms with Crippen molar-refractivity contribution in [2.45, 2.75) is 13.3 Å². The predicted octanol–water partition coefficient (Wildman–Crippen LogP) is 2.05. The Kier molecular flexibility index (Phi) is 3.03. The van der Waals surface area contributed by atoms with Crippen molar-refractivity contribution < 1.29 is 18.5 Å². The van der Waals surface area contributed by atoms with E-state index in [2.05, 4.69) is 4.98 Å². The Labute approximate surface area is 82.9 Å². The van der Waals surface area contributed by atoms with Crippen LogP contribution in [0.4, 0.5) is 14.5 Å². The van der Waals surface area contributed by atoms with Crippen molar-refractivity contribution in [2.75, 3.05) is 0 Å². The first-order valence-corrected chi connectivity index (χ1v) is 3.86. The van der Waals surface area contributed by atoms with Crippen molar-refractivity contribution in [2.24, 2.45) is 0 Å². The van der Waals surface area contributed by atoms with Gasteiger partial charge in [-0.05, 0) is 6.92 Å². The molecule has 0 aliphatic rings. The van der Waals surface area contributed by atoms with E-state index in [-0.39, 0.29) is 11.3 Å². The number of rotatable bonds is 3. The minimum Gasteiger partial charge on any atom is -0.298 e. The number of aryl methyl sites for hydroxylation is 1. The number of aromatic nitrogens is 1. The standard InChI is InChI=1S/C8H6F2N2O3/c1-4-5(3-13)2-6(12(14)15)7(11-4)8(9)10/h2-3,8H,1H3. The van der Waals surface area contributed by atoms with Crippen LogP contribution in [0.25, 0.3) is 0 Å². The minimum absolute atomic E-state index is 0.0471. The van der Waals surface area contributed by atoms with Gasteiger partial charge in [0.25, 0.3) is 12.1 Å². The van der Waals surface area contributed by atoms with E-state index in [1.165, 1.54) is 6.92 Å². The molecule has 0 aliphatic carbocycles. The maximum atomic E-state index is 12.3. The highest BCUT2D eigenvalue weighted by atomic mass is 19.3. The lowest BCUT2D eigenvalue weighted by molar-refractivity contribution is -0.386. The van der Waals surface area contributed by atoms with Crippen molar-refractivity contribution in [3.63, 3.8) is 0 Å². The van der Waals surface area contributed by atoms with E-state index in [0.29, 0.717) is 6.29 Å². The Morgan fingerprint density at radius 2 is 2.20 bits per heavy atom. The fourth-order valence-corrected chi connectivity index (χ4v) is 1.05. The van der Waals surface area contributed by atoms with E-state index < -0.39 is 22.7 Å². The van der Waals surface area contributed by atoms with Crippen LogP contribution >= 0.6 is 0 Å². The van der Waals surface area contributed by atoms with E-state index in [0.717, 1.165) is 6.07 Å². The zero-order chi connectivity index (χ0) is 11.6. The number of nitrogens with zero attached hydrogens (tertiary/aromatic N) is 2. The SMILES string of the molecule is Cc1nc(C(F)F)c([N+](=O)[O-])cc1C=O. The topological polar surface area (TPSA) is 73.1 Å². The van der Waals surface area contributed by atoms with E-state index in [1.54, 1.807) is 0 Å². The van der Waals surface area contributed by atoms with E-state index >= 15 is 0 Å². The third-order valence-electron chi connectivity index (χ3n) is 1.79. The van der Waals surface area contributed by atoms with Gasteiger partial charge in [-0.25, -0.2) is 13.8 Å². The second-order valence-electron chi connectivity index (χ2n) is 2.74. The Morgan fingerprint density at radius 1 is 1.60 bits per heavy atom. The van der Waals surface area contributed by atoms with Gasteiger partial charge in [0.05, 0.1) is 4.92 Å². The van der Waals surface area contributed by atoms with Crippen LogP contribution < -0.4 is 0 Å². The third-order valence-corrected chi connectivity index (χ3v) is 1.79. The highest BCUT2D eigenvalue weighted by molar-refractivity contribution is 5.77. The fourth-order valence-electron chi connectivity index (χ4n) is 1.05. The van der Waals surface area contributed by atoms with Gasteiger partial charge < -0.3 is 0 Å². The summed E-state index contributed by atoms with van der Waals surface area (Å²) in [6.45, 7) is 1.33. The number of pyridine rings is 1. The number of halogens is 2. The molecule has 1 aromatic heterocycles. The van der Waals surface area contributed by atoms with E-state index in [1.807, 2.05) is 0 Å². The molecule has 0 radical (unpaired) electrons. The molecule has 15 heavy (non-hydrogen) atoms. The lowest BCUT2D eigenvalue weighted by Gasteiger charge is -2.03. The van der Waals surface area contributed by atoms with Gasteiger partial charge in [-0.15, -0.1) is 0 Å². The van der Waals surface area contributed by atoms with Crippen LogP contribution in [0.5, 0.6) is 0 Å². The summed E-state index contributed by atoms with van der Waals surface area (Å²) in [6, 6.07) is 0.802. The van der Waals surface area contributed by atoms with Crippen LogP contribution in [0.2, 0.25) is 0 Å². The maximum absolute atomic E-state index is 12.3. The van der Waals surface area contributed by atoms with Gasteiger partial charge >= 0.3 is 0 Å². The second-order valence-corrected chi connectivity index (χ2v) is 2.74. The van der Waals surface area contributed by atoms with Crippen LogP contribution in [0.1, 0.15) is 28.2 Å². The molecular weight excluding hydrogens is 210 g/mol. The van der Waals surface area contributed by atoms with Crippen molar-refractivity contribution in [1.82, 2.24) is 4.98 Å². The predicted molar refractivity (Wildman–Crippen MR) is 46.0 cm³/mol. The molecule has 0 saturated heterocycles. The first-order chi connectivity index (χ1) is 6.97. The van der Waals surface area contributed by atoms with E-state index in [9.17, 15) is 23.7 Å². The minimum atomic E-state index is -3.04. The largest absolute Gasteiger partial charge is 0.298 e. The molecule has 80 valence electrons. The number of hydrogen-bond acceptors (Lipinski definition) is 4. The molecule has 0 fully saturated rings. The number of nitro groups is 1. The van der Waals surface area contributed by atoms with Crippen molar-refractivity contribution >= 4 is 12.0 Å². The van der Waals surface area contributed by atoms with Crippen molar-refractivity contribution in [3.05, 3.63) is 33.1 Å². The van der Waals surface area contributed by atoms with Gasteiger partial charge in [0.1, 0.15) is 0 Å². The van der Waals surface area contributed by atoms with Gasteiger partial charge in [0.15, 0.2) is 12.0 Å². The lowest BCUT2D eigenvalue weighted by atomic mass is 10.2. The number of hydrogen-bond donors (Lipinski definition) is 0. The Balaban J connectivity index is 3.45. The quantitative estimate of drug-likeness (QED) is 0.440.